The van der Waals surface area contributed by atoms with Crippen molar-refractivity contribution in [1.29, 1.82) is 0 Å². The van der Waals surface area contributed by atoms with Crippen LogP contribution in [0.25, 0.3) is 0 Å². The van der Waals surface area contributed by atoms with Crippen molar-refractivity contribution in [1.82, 2.24) is 10.6 Å². The molecule has 286 valence electrons. The van der Waals surface area contributed by atoms with E-state index in [0.717, 1.165) is 91.1 Å². The molecule has 0 saturated carbocycles. The molecule has 0 aromatic rings. The Kier molecular flexibility index (Phi) is 10.5. The van der Waals surface area contributed by atoms with Gasteiger partial charge >= 0.3 is 0 Å². The van der Waals surface area contributed by atoms with Crippen LogP contribution in [0.3, 0.4) is 0 Å². The molecule has 0 aromatic carbocycles. The molecule has 0 unspecified atom stereocenters. The number of aliphatic imine (C=N–C) groups is 3. The van der Waals surface area contributed by atoms with Crippen molar-refractivity contribution in [3.63, 3.8) is 0 Å². The Morgan fingerprint density at radius 3 is 2.50 bits per heavy atom. The molecule has 2 fully saturated rings. The van der Waals surface area contributed by atoms with E-state index in [1.807, 2.05) is 32.1 Å². The van der Waals surface area contributed by atoms with Crippen molar-refractivity contribution in [2.45, 2.75) is 91.0 Å². The van der Waals surface area contributed by atoms with Crippen LogP contribution in [0.1, 0.15) is 60.3 Å². The molecule has 13 nitrogen and oxygen atoms in total. The highest BCUT2D eigenvalue weighted by molar-refractivity contribution is 6.21. The first-order chi connectivity index (χ1) is 25.9. The lowest BCUT2D eigenvalue weighted by molar-refractivity contribution is -0.300. The number of hydrogen-bond acceptors (Lipinski definition) is 12. The highest BCUT2D eigenvalue weighted by atomic mass is 16.7. The Morgan fingerprint density at radius 1 is 1.04 bits per heavy atom. The van der Waals surface area contributed by atoms with Gasteiger partial charge < -0.3 is 45.6 Å². The lowest BCUT2D eigenvalue weighted by atomic mass is 9.86. The predicted molar refractivity (Wildman–Crippen MR) is 204 cm³/mol. The Labute approximate surface area is 314 Å². The molecule has 2 saturated heterocycles. The Morgan fingerprint density at radius 2 is 1.78 bits per heavy atom. The summed E-state index contributed by atoms with van der Waals surface area (Å²) in [6, 6.07) is 0. The molecule has 0 radical (unpaired) electrons. The number of carbonyl (C=O) groups is 1. The van der Waals surface area contributed by atoms with Gasteiger partial charge in [0.1, 0.15) is 30.2 Å². The summed E-state index contributed by atoms with van der Waals surface area (Å²) < 4.78 is 10.9. The smallest absolute Gasteiger partial charge is 0.220 e. The molecule has 6 heterocycles. The molecule has 8 bridgehead atoms. The fourth-order valence-electron chi connectivity index (χ4n) is 8.33. The Hall–Kier alpha value is -4.50. The van der Waals surface area contributed by atoms with Gasteiger partial charge in [0.2, 0.25) is 5.91 Å². The zero-order valence-corrected chi connectivity index (χ0v) is 31.3. The van der Waals surface area contributed by atoms with Crippen molar-refractivity contribution in [2.75, 3.05) is 19.8 Å². The minimum atomic E-state index is -1.55. The van der Waals surface area contributed by atoms with Crippen molar-refractivity contribution in [2.24, 2.45) is 26.8 Å². The second-order valence-corrected chi connectivity index (χ2v) is 14.7. The summed E-state index contributed by atoms with van der Waals surface area (Å²) in [5.41, 5.74) is 13.4. The highest BCUT2D eigenvalue weighted by Crippen LogP contribution is 2.46. The minimum Gasteiger partial charge on any atom is -0.511 e. The summed E-state index contributed by atoms with van der Waals surface area (Å²) >= 11 is 0. The third-order valence-corrected chi connectivity index (χ3v) is 11.5. The van der Waals surface area contributed by atoms with Gasteiger partial charge in [-0.05, 0) is 74.1 Å². The molecule has 0 spiro atoms. The lowest BCUT2D eigenvalue weighted by Gasteiger charge is -2.39. The van der Waals surface area contributed by atoms with E-state index in [1.54, 1.807) is 0 Å². The normalized spacial score (nSPS) is 30.4. The van der Waals surface area contributed by atoms with Gasteiger partial charge in [0, 0.05) is 59.3 Å². The second-order valence-electron chi connectivity index (χ2n) is 14.7. The zero-order chi connectivity index (χ0) is 38.6. The van der Waals surface area contributed by atoms with Crippen molar-refractivity contribution < 1.29 is 39.8 Å². The van der Waals surface area contributed by atoms with E-state index in [0.29, 0.717) is 12.8 Å². The van der Waals surface area contributed by atoms with E-state index in [-0.39, 0.29) is 43.1 Å². The van der Waals surface area contributed by atoms with E-state index in [9.17, 15) is 30.3 Å². The van der Waals surface area contributed by atoms with Gasteiger partial charge in [-0.3, -0.25) is 4.79 Å². The maximum absolute atomic E-state index is 13.2. The number of hydrogen-bond donors (Lipinski definition) is 7. The van der Waals surface area contributed by atoms with E-state index < -0.39 is 37.3 Å². The van der Waals surface area contributed by atoms with Crippen LogP contribution in [0.15, 0.2) is 119 Å². The number of aliphatic hydroxyl groups excluding tert-OH is 5. The maximum atomic E-state index is 13.2. The molecule has 7 aliphatic rings. The Bertz CT molecular complexity index is 2040. The fourth-order valence-corrected chi connectivity index (χ4v) is 8.33. The molecular weight excluding hydrogens is 690 g/mol. The molecule has 7 N–H and O–H groups in total. The standard InChI is InChI=1S/C41H49N5O8/c1-7-22-18(3)26-14-28-20(5)24(9-10-34(49)42-11-12-53-41-40(52)39(51)38(50)33(17-47)54-41)36(45-28)25-13-32(48)35-21(6)29(46-37(25)35)16-31-23(8-2)19(4)27(44-31)15-30(22)43-26/h7,14-16,20,24,33,38-41,45,47-48,50-52H,1,8-13,17H2,2-6H3,(H,42,49)/t20-,24-,33+,38-,39-,40+,41-/m0/s1. The predicted octanol–water partition coefficient (Wildman–Crippen LogP) is 3.56. The van der Waals surface area contributed by atoms with Crippen LogP contribution in [-0.4, -0.2) is 99.0 Å². The van der Waals surface area contributed by atoms with E-state index in [2.05, 4.69) is 44.1 Å². The first kappa shape index (κ1) is 37.8. The average molecular weight is 740 g/mol. The zero-order valence-electron chi connectivity index (χ0n) is 31.3. The molecule has 1 amide bonds. The maximum Gasteiger partial charge on any atom is 0.220 e. The van der Waals surface area contributed by atoms with Gasteiger partial charge in [-0.25, -0.2) is 15.0 Å². The molecule has 54 heavy (non-hydrogen) atoms. The largest absolute Gasteiger partial charge is 0.511 e. The summed E-state index contributed by atoms with van der Waals surface area (Å²) in [7, 11) is 0. The number of allylic oxidation sites excluding steroid dienone is 12. The van der Waals surface area contributed by atoms with Crippen molar-refractivity contribution in [3.05, 3.63) is 104 Å². The average Bonchev–Trinajstić information content (AvgIpc) is 3.91. The SMILES string of the molecule is C=CC1=C(C)C2=NC1=CC1=NC(=CC3=C(C)C4=C(O)CC(=C5NC(=C2)[C@@H](C)[C@@H]5CCC(=O)NCCO[C@H]2O[C@H](CO)[C@H](O)[C@H](O)[C@H]2O)C4=N3)C(CC)=C1C. The number of carbonyl (C=O) groups excluding carboxylic acids is 1. The van der Waals surface area contributed by atoms with Gasteiger partial charge in [-0.2, -0.15) is 0 Å². The summed E-state index contributed by atoms with van der Waals surface area (Å²) in [5, 5.41) is 57.6. The molecule has 7 rings (SSSR count). The Balaban J connectivity index is 1.16. The molecule has 1 aliphatic carbocycles. The van der Waals surface area contributed by atoms with Gasteiger partial charge in [0.25, 0.3) is 0 Å². The first-order valence-corrected chi connectivity index (χ1v) is 18.6. The summed E-state index contributed by atoms with van der Waals surface area (Å²) in [6.45, 7) is 14.0. The molecular formula is C41H49N5O8. The number of ether oxygens (including phenoxy) is 2. The first-order valence-electron chi connectivity index (χ1n) is 18.6. The number of amides is 1. The highest BCUT2D eigenvalue weighted by Gasteiger charge is 2.44. The third-order valence-electron chi connectivity index (χ3n) is 11.5. The van der Waals surface area contributed by atoms with Gasteiger partial charge in [-0.1, -0.05) is 26.5 Å². The summed E-state index contributed by atoms with van der Waals surface area (Å²) in [6.07, 6.45) is 2.88. The van der Waals surface area contributed by atoms with Crippen LogP contribution in [0.5, 0.6) is 0 Å². The van der Waals surface area contributed by atoms with E-state index in [1.165, 1.54) is 0 Å². The van der Waals surface area contributed by atoms with Crippen molar-refractivity contribution >= 4 is 23.0 Å². The monoisotopic (exact) mass is 739 g/mol. The minimum absolute atomic E-state index is 0.0252. The van der Waals surface area contributed by atoms with Crippen LogP contribution in [-0.2, 0) is 14.3 Å². The number of fused-ring (bicyclic) bond motifs is 5. The molecule has 6 aliphatic heterocycles. The molecule has 7 atom stereocenters. The lowest BCUT2D eigenvalue weighted by Crippen LogP contribution is -2.59. The quantitative estimate of drug-likeness (QED) is 0.164. The van der Waals surface area contributed by atoms with Gasteiger partial charge in [-0.15, -0.1) is 0 Å². The van der Waals surface area contributed by atoms with Crippen LogP contribution < -0.4 is 10.6 Å². The molecule has 13 heteroatoms. The topological polar surface area (TPSA) is 198 Å². The second kappa shape index (κ2) is 15.0. The van der Waals surface area contributed by atoms with Gasteiger partial charge in [0.05, 0.1) is 47.4 Å². The van der Waals surface area contributed by atoms with Crippen LogP contribution >= 0.6 is 0 Å². The summed E-state index contributed by atoms with van der Waals surface area (Å²) in [5.74, 6) is -0.0585. The van der Waals surface area contributed by atoms with Crippen LogP contribution in [0, 0.1) is 11.8 Å². The van der Waals surface area contributed by atoms with Gasteiger partial charge in [0.15, 0.2) is 6.29 Å². The number of nitrogens with one attached hydrogen (secondary N) is 2. The number of rotatable bonds is 10. The van der Waals surface area contributed by atoms with Crippen molar-refractivity contribution in [3.8, 4) is 0 Å². The fraction of sp³-hybridized carbons (Fsp3) is 0.463. The van der Waals surface area contributed by atoms with Crippen LogP contribution in [0.2, 0.25) is 0 Å². The molecule has 0 aromatic heterocycles. The number of aliphatic hydroxyl groups is 5. The number of nitrogens with zero attached hydrogens (tertiary/aromatic N) is 3. The summed E-state index contributed by atoms with van der Waals surface area (Å²) in [4.78, 5) is 28.4. The van der Waals surface area contributed by atoms with E-state index >= 15 is 0 Å². The van der Waals surface area contributed by atoms with E-state index in [4.69, 9.17) is 24.5 Å². The third kappa shape index (κ3) is 6.52. The van der Waals surface area contributed by atoms with Crippen LogP contribution in [0.4, 0.5) is 0 Å².